The number of carbonyl (C=O) groups is 1. The molecule has 2 aliphatic rings. The lowest BCUT2D eigenvalue weighted by Crippen LogP contribution is -2.37. The van der Waals surface area contributed by atoms with Gasteiger partial charge in [-0.3, -0.25) is 4.79 Å². The number of ether oxygens (including phenoxy) is 1. The zero-order valence-electron chi connectivity index (χ0n) is 12.0. The summed E-state index contributed by atoms with van der Waals surface area (Å²) in [5.41, 5.74) is 2.38. The normalized spacial score (nSPS) is 23.8. The van der Waals surface area contributed by atoms with Crippen LogP contribution in [-0.4, -0.2) is 5.97 Å². The average molecular weight is 258 g/mol. The van der Waals surface area contributed by atoms with Gasteiger partial charge in [-0.15, -0.1) is 0 Å². The third-order valence-electron chi connectivity index (χ3n) is 4.62. The molecular formula is C17H22O2. The van der Waals surface area contributed by atoms with Gasteiger partial charge in [0, 0.05) is 5.41 Å². The van der Waals surface area contributed by atoms with Crippen molar-refractivity contribution < 1.29 is 9.53 Å². The molecular weight excluding hydrogens is 236 g/mol. The molecule has 2 heteroatoms. The van der Waals surface area contributed by atoms with Gasteiger partial charge in [-0.05, 0) is 51.2 Å². The molecule has 0 saturated heterocycles. The second-order valence-corrected chi connectivity index (χ2v) is 7.13. The number of carbonyl (C=O) groups excluding carboxylic acids is 1. The van der Waals surface area contributed by atoms with Gasteiger partial charge in [-0.2, -0.15) is 0 Å². The molecule has 1 aromatic rings. The third kappa shape index (κ3) is 1.98. The van der Waals surface area contributed by atoms with E-state index in [9.17, 15) is 4.79 Å². The Labute approximate surface area is 115 Å². The highest BCUT2D eigenvalue weighted by Gasteiger charge is 2.52. The molecule has 0 bridgehead atoms. The molecule has 2 aliphatic carbocycles. The molecule has 0 radical (unpaired) electrons. The molecule has 1 fully saturated rings. The first-order valence-electron chi connectivity index (χ1n) is 7.21. The highest BCUT2D eigenvalue weighted by atomic mass is 16.5. The number of benzene rings is 1. The molecule has 0 heterocycles. The van der Waals surface area contributed by atoms with Crippen molar-refractivity contribution in [2.24, 2.45) is 10.8 Å². The molecule has 2 nitrogen and oxygen atoms in total. The topological polar surface area (TPSA) is 26.3 Å². The Morgan fingerprint density at radius 1 is 1.26 bits per heavy atom. The summed E-state index contributed by atoms with van der Waals surface area (Å²) in [5, 5.41) is 0. The van der Waals surface area contributed by atoms with Crippen molar-refractivity contribution in [3.63, 3.8) is 0 Å². The van der Waals surface area contributed by atoms with Crippen LogP contribution in [0, 0.1) is 10.8 Å². The van der Waals surface area contributed by atoms with Gasteiger partial charge < -0.3 is 4.74 Å². The molecule has 1 saturated carbocycles. The molecule has 102 valence electrons. The maximum Gasteiger partial charge on any atom is 0.311 e. The van der Waals surface area contributed by atoms with Gasteiger partial charge in [-0.25, -0.2) is 0 Å². The second-order valence-electron chi connectivity index (χ2n) is 7.13. The lowest BCUT2D eigenvalue weighted by molar-refractivity contribution is -0.170. The Bertz CT molecular complexity index is 506. The fourth-order valence-corrected chi connectivity index (χ4v) is 3.29. The van der Waals surface area contributed by atoms with Crippen LogP contribution in [0.15, 0.2) is 24.3 Å². The molecule has 0 N–H and O–H groups in total. The predicted molar refractivity (Wildman–Crippen MR) is 74.7 cm³/mol. The maximum absolute atomic E-state index is 12.2. The molecule has 19 heavy (non-hydrogen) atoms. The van der Waals surface area contributed by atoms with E-state index in [1.165, 1.54) is 30.4 Å². The van der Waals surface area contributed by atoms with E-state index in [4.69, 9.17) is 4.74 Å². The van der Waals surface area contributed by atoms with Crippen LogP contribution in [0.1, 0.15) is 57.3 Å². The third-order valence-corrected chi connectivity index (χ3v) is 4.62. The van der Waals surface area contributed by atoms with Gasteiger partial charge >= 0.3 is 5.97 Å². The largest absolute Gasteiger partial charge is 0.456 e. The van der Waals surface area contributed by atoms with Crippen molar-refractivity contribution in [1.29, 1.82) is 0 Å². The quantitative estimate of drug-likeness (QED) is 0.710. The van der Waals surface area contributed by atoms with Crippen molar-refractivity contribution in [3.8, 4) is 0 Å². The highest BCUT2D eigenvalue weighted by molar-refractivity contribution is 5.76. The van der Waals surface area contributed by atoms with Crippen LogP contribution in [0.3, 0.4) is 0 Å². The molecule has 1 unspecified atom stereocenters. The summed E-state index contributed by atoms with van der Waals surface area (Å²) in [6.07, 6.45) is 4.68. The SMILES string of the molecule is CC(C)(C)C(=O)OC1c2ccccc2CC12CCC2. The van der Waals surface area contributed by atoms with Crippen molar-refractivity contribution in [1.82, 2.24) is 0 Å². The lowest BCUT2D eigenvalue weighted by atomic mass is 9.65. The summed E-state index contributed by atoms with van der Waals surface area (Å²) < 4.78 is 5.92. The molecule has 3 rings (SSSR count). The monoisotopic (exact) mass is 258 g/mol. The highest BCUT2D eigenvalue weighted by Crippen LogP contribution is 2.59. The van der Waals surface area contributed by atoms with Crippen LogP contribution >= 0.6 is 0 Å². The van der Waals surface area contributed by atoms with E-state index < -0.39 is 5.41 Å². The van der Waals surface area contributed by atoms with Crippen LogP contribution in [-0.2, 0) is 16.0 Å². The first-order chi connectivity index (χ1) is 8.92. The van der Waals surface area contributed by atoms with Crippen LogP contribution in [0.25, 0.3) is 0 Å². The summed E-state index contributed by atoms with van der Waals surface area (Å²) >= 11 is 0. The second kappa shape index (κ2) is 4.09. The number of fused-ring (bicyclic) bond motifs is 1. The number of hydrogen-bond acceptors (Lipinski definition) is 2. The van der Waals surface area contributed by atoms with Crippen LogP contribution in [0.5, 0.6) is 0 Å². The van der Waals surface area contributed by atoms with Crippen LogP contribution in [0.2, 0.25) is 0 Å². The molecule has 0 amide bonds. The van der Waals surface area contributed by atoms with E-state index in [0.29, 0.717) is 0 Å². The summed E-state index contributed by atoms with van der Waals surface area (Å²) in [7, 11) is 0. The van der Waals surface area contributed by atoms with Gasteiger partial charge in [-0.1, -0.05) is 30.7 Å². The molecule has 1 spiro atoms. The molecule has 1 atom stereocenters. The zero-order valence-corrected chi connectivity index (χ0v) is 12.0. The smallest absolute Gasteiger partial charge is 0.311 e. The molecule has 0 aromatic heterocycles. The van der Waals surface area contributed by atoms with Crippen LogP contribution < -0.4 is 0 Å². The average Bonchev–Trinajstić information content (AvgIpc) is 2.63. The van der Waals surface area contributed by atoms with Crippen molar-refractivity contribution in [2.75, 3.05) is 0 Å². The van der Waals surface area contributed by atoms with Crippen molar-refractivity contribution in [2.45, 2.75) is 52.6 Å². The Morgan fingerprint density at radius 2 is 1.95 bits per heavy atom. The first-order valence-corrected chi connectivity index (χ1v) is 7.21. The Kier molecular flexibility index (Phi) is 2.74. The lowest BCUT2D eigenvalue weighted by Gasteiger charge is -2.43. The van der Waals surface area contributed by atoms with Crippen LogP contribution in [0.4, 0.5) is 0 Å². The minimum absolute atomic E-state index is 0.0239. The molecule has 1 aromatic carbocycles. The van der Waals surface area contributed by atoms with Gasteiger partial charge in [0.15, 0.2) is 0 Å². The van der Waals surface area contributed by atoms with Gasteiger partial charge in [0.05, 0.1) is 5.41 Å². The van der Waals surface area contributed by atoms with Gasteiger partial charge in [0.1, 0.15) is 6.10 Å². The summed E-state index contributed by atoms with van der Waals surface area (Å²) in [4.78, 5) is 12.2. The predicted octanol–water partition coefficient (Wildman–Crippen LogP) is 4.04. The van der Waals surface area contributed by atoms with E-state index in [-0.39, 0.29) is 17.5 Å². The van der Waals surface area contributed by atoms with E-state index in [0.717, 1.165) is 6.42 Å². The van der Waals surface area contributed by atoms with E-state index in [1.807, 2.05) is 20.8 Å². The fourth-order valence-electron chi connectivity index (χ4n) is 3.29. The zero-order chi connectivity index (χ0) is 13.7. The standard InChI is InChI=1S/C17H22O2/c1-16(2,3)15(18)19-14-13-8-5-4-7-12(13)11-17(14)9-6-10-17/h4-5,7-8,14H,6,9-11H2,1-3H3. The Hall–Kier alpha value is -1.31. The number of hydrogen-bond donors (Lipinski definition) is 0. The Morgan fingerprint density at radius 3 is 2.53 bits per heavy atom. The van der Waals surface area contributed by atoms with E-state index in [1.54, 1.807) is 0 Å². The summed E-state index contributed by atoms with van der Waals surface area (Å²) in [6, 6.07) is 8.44. The van der Waals surface area contributed by atoms with Crippen molar-refractivity contribution in [3.05, 3.63) is 35.4 Å². The minimum atomic E-state index is -0.428. The number of esters is 1. The first kappa shape index (κ1) is 12.7. The fraction of sp³-hybridized carbons (Fsp3) is 0.588. The van der Waals surface area contributed by atoms with Crippen molar-refractivity contribution >= 4 is 5.97 Å². The Balaban J connectivity index is 1.91. The van der Waals surface area contributed by atoms with Gasteiger partial charge in [0.2, 0.25) is 0 Å². The summed E-state index contributed by atoms with van der Waals surface area (Å²) in [5.74, 6) is -0.0829. The maximum atomic E-state index is 12.2. The van der Waals surface area contributed by atoms with E-state index >= 15 is 0 Å². The summed E-state index contributed by atoms with van der Waals surface area (Å²) in [6.45, 7) is 5.76. The molecule has 0 aliphatic heterocycles. The van der Waals surface area contributed by atoms with E-state index in [2.05, 4.69) is 24.3 Å². The number of rotatable bonds is 1. The van der Waals surface area contributed by atoms with Gasteiger partial charge in [0.25, 0.3) is 0 Å². The minimum Gasteiger partial charge on any atom is -0.456 e.